The predicted molar refractivity (Wildman–Crippen MR) is 72.0 cm³/mol. The van der Waals surface area contributed by atoms with Crippen LogP contribution in [-0.2, 0) is 9.59 Å². The number of piperidine rings is 1. The molecule has 1 fully saturated rings. The number of likely N-dealkylation sites (tertiary alicyclic amines) is 1. The Kier molecular flexibility index (Phi) is 6.23. The Morgan fingerprint density at radius 3 is 2.65 bits per heavy atom. The van der Waals surface area contributed by atoms with E-state index in [1.165, 1.54) is 0 Å². The maximum Gasteiger partial charge on any atom is 0.323 e. The second-order valence-electron chi connectivity index (χ2n) is 5.17. The Hall–Kier alpha value is -1.83. The highest BCUT2D eigenvalue weighted by molar-refractivity contribution is 5.85. The quantitative estimate of drug-likeness (QED) is 0.574. The Morgan fingerprint density at radius 2 is 2.10 bits per heavy atom. The molecule has 0 saturated carbocycles. The molecule has 0 bridgehead atoms. The second kappa shape index (κ2) is 7.68. The van der Waals surface area contributed by atoms with Crippen molar-refractivity contribution in [2.45, 2.75) is 12.8 Å². The number of urea groups is 1. The number of rotatable bonds is 6. The van der Waals surface area contributed by atoms with Crippen LogP contribution in [0.3, 0.4) is 0 Å². The van der Waals surface area contributed by atoms with Crippen LogP contribution in [0.4, 0.5) is 4.79 Å². The maximum absolute atomic E-state index is 11.9. The first kappa shape index (κ1) is 16.2. The summed E-state index contributed by atoms with van der Waals surface area (Å²) in [6.07, 6.45) is 2.11. The van der Waals surface area contributed by atoms with Gasteiger partial charge in [0.1, 0.15) is 13.1 Å². The summed E-state index contributed by atoms with van der Waals surface area (Å²) in [4.78, 5) is 36.5. The molecule has 1 heterocycles. The van der Waals surface area contributed by atoms with Crippen LogP contribution in [0.2, 0.25) is 0 Å². The molecule has 0 aromatic carbocycles. The van der Waals surface area contributed by atoms with Crippen molar-refractivity contribution in [2.24, 2.45) is 11.7 Å². The van der Waals surface area contributed by atoms with Crippen LogP contribution in [0.5, 0.6) is 0 Å². The summed E-state index contributed by atoms with van der Waals surface area (Å²) in [5.74, 6) is -1.57. The molecular weight excluding hydrogens is 264 g/mol. The van der Waals surface area contributed by atoms with Crippen LogP contribution < -0.4 is 11.1 Å². The van der Waals surface area contributed by atoms with E-state index in [2.05, 4.69) is 10.2 Å². The summed E-state index contributed by atoms with van der Waals surface area (Å²) in [6, 6.07) is -0.570. The third-order valence-electron chi connectivity index (χ3n) is 3.22. The van der Waals surface area contributed by atoms with Crippen molar-refractivity contribution in [1.82, 2.24) is 15.1 Å². The number of hydrogen-bond acceptors (Lipinski definition) is 4. The molecule has 1 aliphatic rings. The lowest BCUT2D eigenvalue weighted by molar-refractivity contribution is -0.137. The van der Waals surface area contributed by atoms with Crippen LogP contribution >= 0.6 is 0 Å². The van der Waals surface area contributed by atoms with E-state index in [0.29, 0.717) is 12.5 Å². The lowest BCUT2D eigenvalue weighted by Crippen LogP contribution is -2.48. The molecule has 0 aromatic rings. The fourth-order valence-electron chi connectivity index (χ4n) is 2.33. The predicted octanol–water partition coefficient (Wildman–Crippen LogP) is -1.09. The van der Waals surface area contributed by atoms with Gasteiger partial charge in [0.2, 0.25) is 5.91 Å². The molecule has 0 spiro atoms. The number of carbonyl (C=O) groups excluding carboxylic acids is 2. The summed E-state index contributed by atoms with van der Waals surface area (Å²) >= 11 is 0. The molecular formula is C12H22N4O4. The van der Waals surface area contributed by atoms with Gasteiger partial charge < -0.3 is 26.0 Å². The van der Waals surface area contributed by atoms with Crippen molar-refractivity contribution in [3.8, 4) is 0 Å². The van der Waals surface area contributed by atoms with Gasteiger partial charge in [-0.1, -0.05) is 0 Å². The number of carboxylic acid groups (broad SMARTS) is 1. The van der Waals surface area contributed by atoms with Gasteiger partial charge in [-0.25, -0.2) is 4.79 Å². The largest absolute Gasteiger partial charge is 0.480 e. The van der Waals surface area contributed by atoms with Crippen molar-refractivity contribution < 1.29 is 19.5 Å². The first-order valence-corrected chi connectivity index (χ1v) is 6.60. The fraction of sp³-hybridized carbons (Fsp3) is 0.750. The van der Waals surface area contributed by atoms with Crippen molar-refractivity contribution in [3.05, 3.63) is 0 Å². The summed E-state index contributed by atoms with van der Waals surface area (Å²) in [6.45, 7) is 1.48. The van der Waals surface area contributed by atoms with E-state index in [0.717, 1.165) is 30.8 Å². The molecule has 0 aromatic heterocycles. The van der Waals surface area contributed by atoms with Crippen molar-refractivity contribution in [1.29, 1.82) is 0 Å². The van der Waals surface area contributed by atoms with Crippen molar-refractivity contribution >= 4 is 17.9 Å². The molecule has 0 radical (unpaired) electrons. The molecule has 1 aliphatic heterocycles. The number of primary amides is 1. The van der Waals surface area contributed by atoms with Crippen LogP contribution in [0.1, 0.15) is 12.8 Å². The normalized spacial score (nSPS) is 19.4. The number of carbonyl (C=O) groups is 3. The average molecular weight is 286 g/mol. The SMILES string of the molecule is CN1CCCC(CNC(=O)N(CC(N)=O)CC(=O)O)C1. The van der Waals surface area contributed by atoms with Crippen LogP contribution in [0, 0.1) is 5.92 Å². The van der Waals surface area contributed by atoms with E-state index in [9.17, 15) is 14.4 Å². The molecule has 114 valence electrons. The molecule has 1 rings (SSSR count). The third-order valence-corrected chi connectivity index (χ3v) is 3.22. The van der Waals surface area contributed by atoms with Crippen molar-refractivity contribution in [3.63, 3.8) is 0 Å². The Labute approximate surface area is 117 Å². The Balaban J connectivity index is 2.44. The maximum atomic E-state index is 11.9. The molecule has 4 N–H and O–H groups in total. The summed E-state index contributed by atoms with van der Waals surface area (Å²) < 4.78 is 0. The summed E-state index contributed by atoms with van der Waals surface area (Å²) in [5.41, 5.74) is 5.00. The van der Waals surface area contributed by atoms with E-state index >= 15 is 0 Å². The number of amides is 3. The van der Waals surface area contributed by atoms with Gasteiger partial charge in [0, 0.05) is 13.1 Å². The van der Waals surface area contributed by atoms with E-state index in [4.69, 9.17) is 10.8 Å². The first-order valence-electron chi connectivity index (χ1n) is 6.60. The molecule has 0 aliphatic carbocycles. The number of nitrogens with one attached hydrogen (secondary N) is 1. The highest BCUT2D eigenvalue weighted by atomic mass is 16.4. The number of nitrogens with two attached hydrogens (primary N) is 1. The average Bonchev–Trinajstić information content (AvgIpc) is 2.34. The van der Waals surface area contributed by atoms with Gasteiger partial charge in [0.05, 0.1) is 0 Å². The number of hydrogen-bond donors (Lipinski definition) is 3. The van der Waals surface area contributed by atoms with Gasteiger partial charge in [-0.15, -0.1) is 0 Å². The monoisotopic (exact) mass is 286 g/mol. The van der Waals surface area contributed by atoms with Gasteiger partial charge >= 0.3 is 12.0 Å². The zero-order valence-corrected chi connectivity index (χ0v) is 11.7. The summed E-state index contributed by atoms with van der Waals surface area (Å²) in [7, 11) is 2.03. The van der Waals surface area contributed by atoms with E-state index < -0.39 is 31.0 Å². The minimum atomic E-state index is -1.18. The van der Waals surface area contributed by atoms with Gasteiger partial charge in [-0.3, -0.25) is 9.59 Å². The van der Waals surface area contributed by atoms with Crippen LogP contribution in [0.25, 0.3) is 0 Å². The highest BCUT2D eigenvalue weighted by Crippen LogP contribution is 2.13. The van der Waals surface area contributed by atoms with Gasteiger partial charge in [-0.2, -0.15) is 0 Å². The molecule has 1 atom stereocenters. The van der Waals surface area contributed by atoms with Crippen LogP contribution in [0.15, 0.2) is 0 Å². The van der Waals surface area contributed by atoms with Crippen molar-refractivity contribution in [2.75, 3.05) is 39.8 Å². The van der Waals surface area contributed by atoms with Gasteiger partial charge in [-0.05, 0) is 32.4 Å². The minimum Gasteiger partial charge on any atom is -0.480 e. The molecule has 8 nitrogen and oxygen atoms in total. The smallest absolute Gasteiger partial charge is 0.323 e. The Morgan fingerprint density at radius 1 is 1.40 bits per heavy atom. The first-order chi connectivity index (χ1) is 9.38. The van der Waals surface area contributed by atoms with Gasteiger partial charge in [0.15, 0.2) is 0 Å². The minimum absolute atomic E-state index is 0.345. The van der Waals surface area contributed by atoms with Crippen LogP contribution in [-0.4, -0.2) is 72.6 Å². The topological polar surface area (TPSA) is 116 Å². The standard InChI is InChI=1S/C12H22N4O4/c1-15-4-2-3-9(6-15)5-14-12(20)16(7-10(13)17)8-11(18)19/h9H,2-8H2,1H3,(H2,13,17)(H,14,20)(H,18,19). The molecule has 1 saturated heterocycles. The number of carboxylic acids is 1. The molecule has 8 heteroatoms. The Bertz CT molecular complexity index is 358. The third kappa shape index (κ3) is 5.87. The van der Waals surface area contributed by atoms with E-state index in [1.807, 2.05) is 7.05 Å². The molecule has 20 heavy (non-hydrogen) atoms. The lowest BCUT2D eigenvalue weighted by atomic mass is 9.99. The van der Waals surface area contributed by atoms with E-state index in [1.54, 1.807) is 0 Å². The molecule has 1 unspecified atom stereocenters. The molecule has 3 amide bonds. The fourth-order valence-corrected chi connectivity index (χ4v) is 2.33. The zero-order chi connectivity index (χ0) is 15.1. The number of aliphatic carboxylic acids is 1. The number of nitrogens with zero attached hydrogens (tertiary/aromatic N) is 2. The van der Waals surface area contributed by atoms with Gasteiger partial charge in [0.25, 0.3) is 0 Å². The second-order valence-corrected chi connectivity index (χ2v) is 5.17. The lowest BCUT2D eigenvalue weighted by Gasteiger charge is -2.30. The van der Waals surface area contributed by atoms with E-state index in [-0.39, 0.29) is 0 Å². The zero-order valence-electron chi connectivity index (χ0n) is 11.7. The highest BCUT2D eigenvalue weighted by Gasteiger charge is 2.21. The summed E-state index contributed by atoms with van der Waals surface area (Å²) in [5, 5.41) is 11.4.